The first-order valence-corrected chi connectivity index (χ1v) is 15.0. The highest BCUT2D eigenvalue weighted by molar-refractivity contribution is 7.99. The van der Waals surface area contributed by atoms with E-state index in [2.05, 4.69) is 30.3 Å². The van der Waals surface area contributed by atoms with Gasteiger partial charge in [-0.15, -0.1) is 0 Å². The van der Waals surface area contributed by atoms with Crippen molar-refractivity contribution in [2.45, 2.75) is 50.4 Å². The predicted molar refractivity (Wildman–Crippen MR) is 164 cm³/mol. The number of hydrogen-bond acceptors (Lipinski definition) is 5. The summed E-state index contributed by atoms with van der Waals surface area (Å²) in [6, 6.07) is 26.1. The molecule has 0 aliphatic heterocycles. The molecule has 1 aliphatic carbocycles. The zero-order valence-corrected chi connectivity index (χ0v) is 24.3. The number of carboxylic acids is 1. The van der Waals surface area contributed by atoms with Crippen LogP contribution in [0, 0.1) is 5.41 Å². The van der Waals surface area contributed by atoms with Gasteiger partial charge in [0.25, 0.3) is 0 Å². The minimum atomic E-state index is -0.938. The molecule has 1 heterocycles. The molecule has 0 saturated heterocycles. The van der Waals surface area contributed by atoms with E-state index in [1.165, 1.54) is 0 Å². The summed E-state index contributed by atoms with van der Waals surface area (Å²) >= 11 is 7.85. The Kier molecular flexibility index (Phi) is 8.37. The molecule has 1 atom stereocenters. The summed E-state index contributed by atoms with van der Waals surface area (Å²) < 4.78 is 0. The molecular formula is C34H33ClNO3S-. The van der Waals surface area contributed by atoms with Crippen LogP contribution in [-0.4, -0.2) is 21.8 Å². The molecule has 0 bridgehead atoms. The van der Waals surface area contributed by atoms with Crippen LogP contribution >= 0.6 is 23.4 Å². The van der Waals surface area contributed by atoms with Crippen LogP contribution in [0.1, 0.15) is 66.3 Å². The number of aryl methyl sites for hydroxylation is 1. The molecule has 0 spiro atoms. The normalized spacial score (nSPS) is 15.4. The molecule has 40 heavy (non-hydrogen) atoms. The Labute approximate surface area is 245 Å². The molecule has 206 valence electrons. The van der Waals surface area contributed by atoms with E-state index in [-0.39, 0.29) is 5.25 Å². The van der Waals surface area contributed by atoms with Crippen molar-refractivity contribution in [3.8, 4) is 0 Å². The van der Waals surface area contributed by atoms with Gasteiger partial charge in [-0.1, -0.05) is 78.3 Å². The monoisotopic (exact) mass is 570 g/mol. The van der Waals surface area contributed by atoms with Gasteiger partial charge >= 0.3 is 0 Å². The molecule has 4 nitrogen and oxygen atoms in total. The summed E-state index contributed by atoms with van der Waals surface area (Å²) in [6.07, 6.45) is 7.01. The molecule has 0 amide bonds. The molecule has 1 aromatic heterocycles. The van der Waals surface area contributed by atoms with Gasteiger partial charge in [-0.25, -0.2) is 4.98 Å². The van der Waals surface area contributed by atoms with Crippen LogP contribution in [0.3, 0.4) is 0 Å². The number of hydrogen-bond donors (Lipinski definition) is 1. The minimum Gasteiger partial charge on any atom is -0.550 e. The number of rotatable bonds is 11. The fourth-order valence-electron chi connectivity index (χ4n) is 5.03. The Morgan fingerprint density at radius 1 is 1.07 bits per heavy atom. The second-order valence-electron chi connectivity index (χ2n) is 11.2. The van der Waals surface area contributed by atoms with E-state index in [9.17, 15) is 15.0 Å². The quantitative estimate of drug-likeness (QED) is 0.206. The lowest BCUT2D eigenvalue weighted by Gasteiger charge is -2.25. The SMILES string of the molecule is CC(C)(O)c1ccccc1CCC(SCC1(C(=O)[O-])CC1)c1cccc(C=Cc2ccc3ccc(Cl)cc3n2)c1. The van der Waals surface area contributed by atoms with Crippen LogP contribution < -0.4 is 5.11 Å². The summed E-state index contributed by atoms with van der Waals surface area (Å²) in [4.78, 5) is 16.5. The molecule has 1 fully saturated rings. The number of aliphatic hydroxyl groups is 1. The van der Waals surface area contributed by atoms with Gasteiger partial charge in [0.2, 0.25) is 0 Å². The molecule has 3 aromatic carbocycles. The minimum absolute atomic E-state index is 0.0981. The summed E-state index contributed by atoms with van der Waals surface area (Å²) in [7, 11) is 0. The van der Waals surface area contributed by atoms with Gasteiger partial charge in [0.1, 0.15) is 0 Å². The summed E-state index contributed by atoms with van der Waals surface area (Å²) in [5.41, 5.74) is 4.31. The predicted octanol–water partition coefficient (Wildman–Crippen LogP) is 7.22. The molecular weight excluding hydrogens is 538 g/mol. The zero-order valence-electron chi connectivity index (χ0n) is 22.8. The Balaban J connectivity index is 1.38. The smallest absolute Gasteiger partial charge is 0.0843 e. The lowest BCUT2D eigenvalue weighted by atomic mass is 9.90. The topological polar surface area (TPSA) is 73.2 Å². The van der Waals surface area contributed by atoms with Crippen LogP contribution in [-0.2, 0) is 16.8 Å². The van der Waals surface area contributed by atoms with Gasteiger partial charge in [-0.3, -0.25) is 0 Å². The standard InChI is InChI=1S/C34H34ClNO3S/c1-33(2,39)29-9-4-3-7-24(29)13-17-31(40-22-34(18-19-34)32(37)38)26-8-5-6-23(20-26)10-15-28-16-12-25-11-14-27(35)21-30(25)36-28/h3-12,14-16,20-21,31,39H,13,17-19,22H2,1-2H3,(H,37,38)/p-1. The van der Waals surface area contributed by atoms with Crippen molar-refractivity contribution in [1.29, 1.82) is 0 Å². The molecule has 0 radical (unpaired) electrons. The second-order valence-corrected chi connectivity index (χ2v) is 12.8. The van der Waals surface area contributed by atoms with Gasteiger partial charge in [0, 0.05) is 32.8 Å². The van der Waals surface area contributed by atoms with E-state index in [0.717, 1.165) is 51.7 Å². The zero-order chi connectivity index (χ0) is 28.3. The maximum atomic E-state index is 11.8. The largest absolute Gasteiger partial charge is 0.550 e. The van der Waals surface area contributed by atoms with Gasteiger partial charge in [-0.05, 0) is 86.1 Å². The highest BCUT2D eigenvalue weighted by atomic mass is 35.5. The van der Waals surface area contributed by atoms with Crippen molar-refractivity contribution in [1.82, 2.24) is 4.98 Å². The molecule has 6 heteroatoms. The van der Waals surface area contributed by atoms with Crippen LogP contribution in [0.4, 0.5) is 0 Å². The van der Waals surface area contributed by atoms with Crippen molar-refractivity contribution in [3.05, 3.63) is 112 Å². The highest BCUT2D eigenvalue weighted by Crippen LogP contribution is 2.50. The Morgan fingerprint density at radius 3 is 2.60 bits per heavy atom. The number of carboxylic acid groups (broad SMARTS) is 1. The van der Waals surface area contributed by atoms with Gasteiger partial charge < -0.3 is 15.0 Å². The van der Waals surface area contributed by atoms with E-state index in [1.807, 2.05) is 74.5 Å². The maximum absolute atomic E-state index is 11.8. The van der Waals surface area contributed by atoms with E-state index < -0.39 is 17.0 Å². The van der Waals surface area contributed by atoms with E-state index >= 15 is 0 Å². The molecule has 4 aromatic rings. The number of benzene rings is 3. The first kappa shape index (κ1) is 28.4. The molecule has 1 saturated carbocycles. The van der Waals surface area contributed by atoms with E-state index in [4.69, 9.17) is 16.6 Å². The molecule has 5 rings (SSSR count). The number of carbonyl (C=O) groups excluding carboxylic acids is 1. The third-order valence-electron chi connectivity index (χ3n) is 7.60. The lowest BCUT2D eigenvalue weighted by molar-refractivity contribution is -0.312. The fourth-order valence-corrected chi connectivity index (χ4v) is 6.75. The number of pyridine rings is 1. The number of thioether (sulfide) groups is 1. The number of aliphatic carboxylic acids is 1. The fraction of sp³-hybridized carbons (Fsp3) is 0.294. The van der Waals surface area contributed by atoms with Crippen molar-refractivity contribution in [2.75, 3.05) is 5.75 Å². The van der Waals surface area contributed by atoms with Crippen molar-refractivity contribution in [2.24, 2.45) is 5.41 Å². The second kappa shape index (κ2) is 11.8. The number of nitrogens with zero attached hydrogens (tertiary/aromatic N) is 1. The molecule has 1 aliphatic rings. The first-order chi connectivity index (χ1) is 19.1. The summed E-state index contributed by atoms with van der Waals surface area (Å²) in [5.74, 6) is -0.400. The van der Waals surface area contributed by atoms with Crippen molar-refractivity contribution >= 4 is 52.4 Å². The number of halogens is 1. The molecule has 1 N–H and O–H groups in total. The average molecular weight is 571 g/mol. The van der Waals surface area contributed by atoms with Crippen LogP contribution in [0.15, 0.2) is 78.9 Å². The summed E-state index contributed by atoms with van der Waals surface area (Å²) in [6.45, 7) is 3.62. The number of carbonyl (C=O) groups is 1. The number of aromatic nitrogens is 1. The van der Waals surface area contributed by atoms with Crippen LogP contribution in [0.5, 0.6) is 0 Å². The summed E-state index contributed by atoms with van der Waals surface area (Å²) in [5, 5.41) is 24.3. The first-order valence-electron chi connectivity index (χ1n) is 13.6. The van der Waals surface area contributed by atoms with Gasteiger partial charge in [0.05, 0.1) is 16.8 Å². The lowest BCUT2D eigenvalue weighted by Crippen LogP contribution is -2.34. The Morgan fingerprint density at radius 2 is 1.85 bits per heavy atom. The van der Waals surface area contributed by atoms with Crippen molar-refractivity contribution < 1.29 is 15.0 Å². The maximum Gasteiger partial charge on any atom is 0.0843 e. The van der Waals surface area contributed by atoms with Gasteiger partial charge in [-0.2, -0.15) is 11.8 Å². The van der Waals surface area contributed by atoms with Crippen LogP contribution in [0.25, 0.3) is 23.1 Å². The van der Waals surface area contributed by atoms with Gasteiger partial charge in [0.15, 0.2) is 0 Å². The van der Waals surface area contributed by atoms with E-state index in [1.54, 1.807) is 11.8 Å². The highest BCUT2D eigenvalue weighted by Gasteiger charge is 2.44. The van der Waals surface area contributed by atoms with Crippen molar-refractivity contribution in [3.63, 3.8) is 0 Å². The Hall–Kier alpha value is -3.12. The number of fused-ring (bicyclic) bond motifs is 1. The third-order valence-corrected chi connectivity index (χ3v) is 9.47. The Bertz CT molecular complexity index is 1550. The van der Waals surface area contributed by atoms with E-state index in [0.29, 0.717) is 23.6 Å². The molecule has 1 unspecified atom stereocenters. The van der Waals surface area contributed by atoms with Crippen LogP contribution in [0.2, 0.25) is 5.02 Å². The average Bonchev–Trinajstić information content (AvgIpc) is 3.73. The third kappa shape index (κ3) is 6.77.